The highest BCUT2D eigenvalue weighted by Crippen LogP contribution is 2.28. The van der Waals surface area contributed by atoms with E-state index in [-0.39, 0.29) is 0 Å². The summed E-state index contributed by atoms with van der Waals surface area (Å²) < 4.78 is 7.54. The molecule has 90 valence electrons. The van der Waals surface area contributed by atoms with Crippen LogP contribution in [0.15, 0.2) is 6.07 Å². The van der Waals surface area contributed by atoms with E-state index < -0.39 is 0 Å². The van der Waals surface area contributed by atoms with Gasteiger partial charge in [0.15, 0.2) is 0 Å². The van der Waals surface area contributed by atoms with Gasteiger partial charge < -0.3 is 10.1 Å². The summed E-state index contributed by atoms with van der Waals surface area (Å²) in [6.07, 6.45) is 2.40. The van der Waals surface area contributed by atoms with Gasteiger partial charge in [0, 0.05) is 19.6 Å². The highest BCUT2D eigenvalue weighted by Gasteiger charge is 2.26. The molecular formula is C12H21N3O. The van der Waals surface area contributed by atoms with Crippen molar-refractivity contribution in [2.24, 2.45) is 13.0 Å². The van der Waals surface area contributed by atoms with Crippen LogP contribution in [-0.2, 0) is 11.8 Å². The van der Waals surface area contributed by atoms with Crippen LogP contribution in [0, 0.1) is 12.8 Å². The van der Waals surface area contributed by atoms with E-state index in [0.29, 0.717) is 12.0 Å². The Balaban J connectivity index is 2.17. The van der Waals surface area contributed by atoms with Crippen molar-refractivity contribution < 1.29 is 4.74 Å². The second-order valence-electron chi connectivity index (χ2n) is 4.58. The third kappa shape index (κ3) is 2.28. The van der Waals surface area contributed by atoms with Gasteiger partial charge in [-0.2, -0.15) is 5.10 Å². The van der Waals surface area contributed by atoms with Gasteiger partial charge in [0.2, 0.25) is 0 Å². The maximum Gasteiger partial charge on any atom is 0.0597 e. The Bertz CT molecular complexity index is 342. The van der Waals surface area contributed by atoms with Gasteiger partial charge in [-0.25, -0.2) is 0 Å². The Labute approximate surface area is 97.0 Å². The quantitative estimate of drug-likeness (QED) is 0.842. The molecule has 1 aromatic heterocycles. The van der Waals surface area contributed by atoms with Gasteiger partial charge in [-0.15, -0.1) is 0 Å². The zero-order valence-electron chi connectivity index (χ0n) is 10.4. The lowest BCUT2D eigenvalue weighted by Gasteiger charge is -2.30. The van der Waals surface area contributed by atoms with E-state index in [9.17, 15) is 0 Å². The third-order valence-corrected chi connectivity index (χ3v) is 3.33. The number of rotatable bonds is 3. The fourth-order valence-electron chi connectivity index (χ4n) is 2.58. The SMILES string of the molecule is CNC(c1cc(C)nn1C)C1CCCOC1. The van der Waals surface area contributed by atoms with E-state index in [4.69, 9.17) is 4.74 Å². The number of nitrogens with zero attached hydrogens (tertiary/aromatic N) is 2. The van der Waals surface area contributed by atoms with Crippen LogP contribution in [0.1, 0.15) is 30.3 Å². The summed E-state index contributed by atoms with van der Waals surface area (Å²) in [5.41, 5.74) is 2.34. The molecule has 0 aliphatic carbocycles. The minimum absolute atomic E-state index is 0.353. The Hall–Kier alpha value is -0.870. The summed E-state index contributed by atoms with van der Waals surface area (Å²) in [6, 6.07) is 2.52. The Kier molecular flexibility index (Phi) is 3.61. The fraction of sp³-hybridized carbons (Fsp3) is 0.750. The number of hydrogen-bond donors (Lipinski definition) is 1. The average molecular weight is 223 g/mol. The fourth-order valence-corrected chi connectivity index (χ4v) is 2.58. The van der Waals surface area contributed by atoms with E-state index in [2.05, 4.69) is 16.5 Å². The lowest BCUT2D eigenvalue weighted by molar-refractivity contribution is 0.0390. The van der Waals surface area contributed by atoms with Gasteiger partial charge in [-0.05, 0) is 32.9 Å². The number of aromatic nitrogens is 2. The van der Waals surface area contributed by atoms with Crippen LogP contribution in [0.25, 0.3) is 0 Å². The van der Waals surface area contributed by atoms with Crippen LogP contribution in [0.5, 0.6) is 0 Å². The van der Waals surface area contributed by atoms with Crippen LogP contribution in [0.4, 0.5) is 0 Å². The van der Waals surface area contributed by atoms with Crippen molar-refractivity contribution in [3.8, 4) is 0 Å². The van der Waals surface area contributed by atoms with Gasteiger partial charge in [-0.3, -0.25) is 4.68 Å². The molecule has 0 spiro atoms. The molecule has 2 atom stereocenters. The smallest absolute Gasteiger partial charge is 0.0597 e. The molecule has 1 saturated heterocycles. The third-order valence-electron chi connectivity index (χ3n) is 3.33. The molecule has 0 bridgehead atoms. The zero-order valence-corrected chi connectivity index (χ0v) is 10.4. The van der Waals surface area contributed by atoms with Crippen LogP contribution < -0.4 is 5.32 Å². The summed E-state index contributed by atoms with van der Waals surface area (Å²) in [4.78, 5) is 0. The molecule has 0 saturated carbocycles. The van der Waals surface area contributed by atoms with Crippen molar-refractivity contribution in [1.29, 1.82) is 0 Å². The van der Waals surface area contributed by atoms with Crippen molar-refractivity contribution in [3.05, 3.63) is 17.5 Å². The van der Waals surface area contributed by atoms with E-state index >= 15 is 0 Å². The van der Waals surface area contributed by atoms with Gasteiger partial charge in [0.25, 0.3) is 0 Å². The van der Waals surface area contributed by atoms with Gasteiger partial charge in [0.05, 0.1) is 24.0 Å². The Morgan fingerprint density at radius 2 is 2.44 bits per heavy atom. The van der Waals surface area contributed by atoms with Crippen LogP contribution in [0.2, 0.25) is 0 Å². The zero-order chi connectivity index (χ0) is 11.5. The molecule has 4 nitrogen and oxygen atoms in total. The van der Waals surface area contributed by atoms with Crippen LogP contribution >= 0.6 is 0 Å². The average Bonchev–Trinajstić information content (AvgIpc) is 2.61. The van der Waals surface area contributed by atoms with E-state index in [1.165, 1.54) is 18.5 Å². The topological polar surface area (TPSA) is 39.1 Å². The Morgan fingerprint density at radius 1 is 1.62 bits per heavy atom. The van der Waals surface area contributed by atoms with Crippen molar-refractivity contribution in [2.45, 2.75) is 25.8 Å². The van der Waals surface area contributed by atoms with Gasteiger partial charge >= 0.3 is 0 Å². The molecule has 0 radical (unpaired) electrons. The molecule has 0 amide bonds. The predicted molar refractivity (Wildman–Crippen MR) is 63.3 cm³/mol. The van der Waals surface area contributed by atoms with Crippen LogP contribution in [0.3, 0.4) is 0 Å². The highest BCUT2D eigenvalue weighted by atomic mass is 16.5. The molecule has 1 aliphatic rings. The lowest BCUT2D eigenvalue weighted by atomic mass is 9.91. The van der Waals surface area contributed by atoms with E-state index in [1.807, 2.05) is 25.7 Å². The van der Waals surface area contributed by atoms with E-state index in [0.717, 1.165) is 18.9 Å². The summed E-state index contributed by atoms with van der Waals surface area (Å²) in [7, 11) is 4.03. The van der Waals surface area contributed by atoms with Gasteiger partial charge in [-0.1, -0.05) is 0 Å². The maximum atomic E-state index is 5.56. The van der Waals surface area contributed by atoms with Gasteiger partial charge in [0.1, 0.15) is 0 Å². The first-order valence-corrected chi connectivity index (χ1v) is 5.98. The van der Waals surface area contributed by atoms with E-state index in [1.54, 1.807) is 0 Å². The predicted octanol–water partition coefficient (Wildman–Crippen LogP) is 1.42. The first-order valence-electron chi connectivity index (χ1n) is 5.98. The molecule has 4 heteroatoms. The lowest BCUT2D eigenvalue weighted by Crippen LogP contribution is -2.32. The second-order valence-corrected chi connectivity index (χ2v) is 4.58. The number of aryl methyl sites for hydroxylation is 2. The molecule has 1 N–H and O–H groups in total. The largest absolute Gasteiger partial charge is 0.381 e. The number of hydrogen-bond acceptors (Lipinski definition) is 3. The first kappa shape index (κ1) is 11.6. The van der Waals surface area contributed by atoms with Crippen molar-refractivity contribution in [1.82, 2.24) is 15.1 Å². The maximum absolute atomic E-state index is 5.56. The molecule has 2 heterocycles. The summed E-state index contributed by atoms with van der Waals surface area (Å²) >= 11 is 0. The highest BCUT2D eigenvalue weighted by molar-refractivity contribution is 5.14. The number of ether oxygens (including phenoxy) is 1. The van der Waals surface area contributed by atoms with Crippen molar-refractivity contribution in [2.75, 3.05) is 20.3 Å². The summed E-state index contributed by atoms with van der Waals surface area (Å²) in [6.45, 7) is 3.81. The molecule has 2 unspecified atom stereocenters. The standard InChI is InChI=1S/C12H21N3O/c1-9-7-11(15(3)14-9)12(13-2)10-5-4-6-16-8-10/h7,10,12-13H,4-6,8H2,1-3H3. The first-order chi connectivity index (χ1) is 7.72. The second kappa shape index (κ2) is 4.97. The summed E-state index contributed by atoms with van der Waals surface area (Å²) in [5.74, 6) is 0.563. The van der Waals surface area contributed by atoms with Crippen LogP contribution in [-0.4, -0.2) is 30.0 Å². The van der Waals surface area contributed by atoms with Crippen molar-refractivity contribution >= 4 is 0 Å². The molecular weight excluding hydrogens is 202 g/mol. The molecule has 2 rings (SSSR count). The monoisotopic (exact) mass is 223 g/mol. The molecule has 0 aromatic carbocycles. The molecule has 1 aliphatic heterocycles. The number of nitrogens with one attached hydrogen (secondary N) is 1. The Morgan fingerprint density at radius 3 is 2.94 bits per heavy atom. The summed E-state index contributed by atoms with van der Waals surface area (Å²) in [5, 5.41) is 7.81. The molecule has 1 fully saturated rings. The minimum Gasteiger partial charge on any atom is -0.381 e. The molecule has 1 aromatic rings. The normalized spacial score (nSPS) is 23.3. The minimum atomic E-state index is 0.353. The van der Waals surface area contributed by atoms with Crippen molar-refractivity contribution in [3.63, 3.8) is 0 Å². The molecule has 16 heavy (non-hydrogen) atoms.